The largest absolute Gasteiger partial charge is 0.356 e. The smallest absolute Gasteiger partial charge is 0.253 e. The maximum absolute atomic E-state index is 12.4. The minimum atomic E-state index is 0.156. The number of guanidine groups is 1. The molecule has 0 saturated carbocycles. The third-order valence-electron chi connectivity index (χ3n) is 4.13. The van der Waals surface area contributed by atoms with Crippen LogP contribution in [0.5, 0.6) is 0 Å². The van der Waals surface area contributed by atoms with Gasteiger partial charge in [0.25, 0.3) is 5.91 Å². The summed E-state index contributed by atoms with van der Waals surface area (Å²) in [6.07, 6.45) is 5.57. The molecular formula is C18H28N4OS. The number of hydrogen-bond donors (Lipinski definition) is 2. The molecule has 1 fully saturated rings. The van der Waals surface area contributed by atoms with Crippen molar-refractivity contribution in [1.82, 2.24) is 15.5 Å². The van der Waals surface area contributed by atoms with Crippen molar-refractivity contribution in [2.24, 2.45) is 4.99 Å². The van der Waals surface area contributed by atoms with Crippen molar-refractivity contribution in [3.8, 4) is 0 Å². The van der Waals surface area contributed by atoms with E-state index in [-0.39, 0.29) is 5.91 Å². The highest BCUT2D eigenvalue weighted by atomic mass is 32.2. The van der Waals surface area contributed by atoms with Crippen LogP contribution in [0.1, 0.15) is 35.2 Å². The van der Waals surface area contributed by atoms with Gasteiger partial charge in [0.15, 0.2) is 5.96 Å². The number of carbonyl (C=O) groups excluding carboxylic acids is 1. The van der Waals surface area contributed by atoms with E-state index in [0.29, 0.717) is 6.54 Å². The predicted molar refractivity (Wildman–Crippen MR) is 103 cm³/mol. The van der Waals surface area contributed by atoms with Crippen LogP contribution in [0.2, 0.25) is 0 Å². The number of piperidine rings is 1. The zero-order chi connectivity index (χ0) is 17.2. The highest BCUT2D eigenvalue weighted by molar-refractivity contribution is 7.98. The quantitative estimate of drug-likeness (QED) is 0.471. The van der Waals surface area contributed by atoms with Crippen LogP contribution < -0.4 is 10.6 Å². The lowest BCUT2D eigenvalue weighted by atomic mass is 10.1. The van der Waals surface area contributed by atoms with Crippen LogP contribution in [0.25, 0.3) is 0 Å². The zero-order valence-electron chi connectivity index (χ0n) is 14.7. The standard InChI is InChI=1S/C18H28N4OS/c1-19-18(20-10-13-24-2)21-14-15-6-8-16(9-7-15)17(23)22-11-4-3-5-12-22/h6-9H,3-5,10-14H2,1-2H3,(H2,19,20,21). The fourth-order valence-electron chi connectivity index (χ4n) is 2.72. The number of benzene rings is 1. The molecule has 1 aromatic carbocycles. The molecule has 1 aliphatic rings. The van der Waals surface area contributed by atoms with Crippen LogP contribution in [0.3, 0.4) is 0 Å². The van der Waals surface area contributed by atoms with E-state index in [2.05, 4.69) is 21.9 Å². The molecule has 132 valence electrons. The molecule has 0 aromatic heterocycles. The Morgan fingerprint density at radius 3 is 2.50 bits per heavy atom. The van der Waals surface area contributed by atoms with E-state index in [1.807, 2.05) is 29.2 Å². The Morgan fingerprint density at radius 1 is 1.17 bits per heavy atom. The van der Waals surface area contributed by atoms with Crippen LogP contribution in [0.15, 0.2) is 29.3 Å². The van der Waals surface area contributed by atoms with Crippen LogP contribution >= 0.6 is 11.8 Å². The van der Waals surface area contributed by atoms with E-state index in [4.69, 9.17) is 0 Å². The number of nitrogens with one attached hydrogen (secondary N) is 2. The first kappa shape index (κ1) is 18.6. The minimum absolute atomic E-state index is 0.156. The van der Waals surface area contributed by atoms with Gasteiger partial charge in [-0.3, -0.25) is 9.79 Å². The molecule has 0 unspecified atom stereocenters. The maximum Gasteiger partial charge on any atom is 0.253 e. The van der Waals surface area contributed by atoms with Gasteiger partial charge in [-0.25, -0.2) is 0 Å². The molecular weight excluding hydrogens is 320 g/mol. The van der Waals surface area contributed by atoms with Gasteiger partial charge >= 0.3 is 0 Å². The maximum atomic E-state index is 12.4. The molecule has 0 aliphatic carbocycles. The lowest BCUT2D eigenvalue weighted by Crippen LogP contribution is -2.38. The van der Waals surface area contributed by atoms with Gasteiger partial charge in [0, 0.05) is 44.5 Å². The Kier molecular flexibility index (Phi) is 7.95. The highest BCUT2D eigenvalue weighted by Crippen LogP contribution is 2.13. The van der Waals surface area contributed by atoms with Crippen LogP contribution in [0.4, 0.5) is 0 Å². The Bertz CT molecular complexity index is 538. The van der Waals surface area contributed by atoms with E-state index < -0.39 is 0 Å². The molecule has 0 spiro atoms. The zero-order valence-corrected chi connectivity index (χ0v) is 15.5. The third-order valence-corrected chi connectivity index (χ3v) is 4.74. The summed E-state index contributed by atoms with van der Waals surface area (Å²) in [6.45, 7) is 3.36. The summed E-state index contributed by atoms with van der Waals surface area (Å²) in [6, 6.07) is 7.88. The summed E-state index contributed by atoms with van der Waals surface area (Å²) in [5.41, 5.74) is 1.92. The van der Waals surface area contributed by atoms with Gasteiger partial charge in [-0.15, -0.1) is 0 Å². The predicted octanol–water partition coefficient (Wildman–Crippen LogP) is 2.34. The van der Waals surface area contributed by atoms with Crippen molar-refractivity contribution in [1.29, 1.82) is 0 Å². The Hall–Kier alpha value is -1.69. The molecule has 1 heterocycles. The molecule has 5 nitrogen and oxygen atoms in total. The van der Waals surface area contributed by atoms with E-state index in [9.17, 15) is 4.79 Å². The van der Waals surface area contributed by atoms with Crippen molar-refractivity contribution in [3.05, 3.63) is 35.4 Å². The molecule has 0 radical (unpaired) electrons. The summed E-state index contributed by atoms with van der Waals surface area (Å²) >= 11 is 1.80. The Balaban J connectivity index is 1.84. The minimum Gasteiger partial charge on any atom is -0.356 e. The SMILES string of the molecule is CN=C(NCCSC)NCc1ccc(C(=O)N2CCCCC2)cc1. The second-order valence-corrected chi connectivity index (χ2v) is 6.88. The van der Waals surface area contributed by atoms with Crippen LogP contribution in [-0.2, 0) is 6.54 Å². The number of hydrogen-bond acceptors (Lipinski definition) is 3. The van der Waals surface area contributed by atoms with Gasteiger partial charge in [0.1, 0.15) is 0 Å². The molecule has 24 heavy (non-hydrogen) atoms. The van der Waals surface area contributed by atoms with Crippen molar-refractivity contribution < 1.29 is 4.79 Å². The number of amides is 1. The van der Waals surface area contributed by atoms with Crippen molar-refractivity contribution in [2.75, 3.05) is 38.7 Å². The molecule has 1 aromatic rings. The van der Waals surface area contributed by atoms with Gasteiger partial charge in [-0.05, 0) is 43.2 Å². The first-order chi connectivity index (χ1) is 11.7. The van der Waals surface area contributed by atoms with Gasteiger partial charge in [-0.1, -0.05) is 12.1 Å². The highest BCUT2D eigenvalue weighted by Gasteiger charge is 2.17. The molecule has 1 aliphatic heterocycles. The van der Waals surface area contributed by atoms with Gasteiger partial charge in [0.2, 0.25) is 0 Å². The Labute approximate surface area is 149 Å². The van der Waals surface area contributed by atoms with Crippen molar-refractivity contribution in [2.45, 2.75) is 25.8 Å². The number of nitrogens with zero attached hydrogens (tertiary/aromatic N) is 2. The van der Waals surface area contributed by atoms with Gasteiger partial charge < -0.3 is 15.5 Å². The fourth-order valence-corrected chi connectivity index (χ4v) is 3.03. The lowest BCUT2D eigenvalue weighted by Gasteiger charge is -2.26. The van der Waals surface area contributed by atoms with E-state index in [1.54, 1.807) is 18.8 Å². The summed E-state index contributed by atoms with van der Waals surface area (Å²) in [4.78, 5) is 18.6. The number of rotatable bonds is 6. The summed E-state index contributed by atoms with van der Waals surface area (Å²) < 4.78 is 0. The first-order valence-electron chi connectivity index (χ1n) is 8.56. The van der Waals surface area contributed by atoms with E-state index >= 15 is 0 Å². The number of thioether (sulfide) groups is 1. The summed E-state index contributed by atoms with van der Waals surface area (Å²) in [5, 5.41) is 6.56. The average molecular weight is 349 g/mol. The molecule has 2 rings (SSSR count). The second-order valence-electron chi connectivity index (χ2n) is 5.90. The van der Waals surface area contributed by atoms with E-state index in [0.717, 1.165) is 55.3 Å². The summed E-state index contributed by atoms with van der Waals surface area (Å²) in [7, 11) is 1.77. The lowest BCUT2D eigenvalue weighted by molar-refractivity contribution is 0.0724. The van der Waals surface area contributed by atoms with Crippen LogP contribution in [0, 0.1) is 0 Å². The molecule has 1 amide bonds. The normalized spacial score (nSPS) is 15.2. The van der Waals surface area contributed by atoms with Crippen molar-refractivity contribution in [3.63, 3.8) is 0 Å². The first-order valence-corrected chi connectivity index (χ1v) is 9.95. The van der Waals surface area contributed by atoms with Crippen molar-refractivity contribution >= 4 is 23.6 Å². The molecule has 2 N–H and O–H groups in total. The molecule has 1 saturated heterocycles. The van der Waals surface area contributed by atoms with Gasteiger partial charge in [-0.2, -0.15) is 11.8 Å². The molecule has 6 heteroatoms. The number of carbonyl (C=O) groups is 1. The number of likely N-dealkylation sites (tertiary alicyclic amines) is 1. The molecule has 0 bridgehead atoms. The number of aliphatic imine (C=N–C) groups is 1. The monoisotopic (exact) mass is 348 g/mol. The molecule has 0 atom stereocenters. The third kappa shape index (κ3) is 5.74. The second kappa shape index (κ2) is 10.2. The summed E-state index contributed by atoms with van der Waals surface area (Å²) in [5.74, 6) is 2.01. The fraction of sp³-hybridized carbons (Fsp3) is 0.556. The van der Waals surface area contributed by atoms with Gasteiger partial charge in [0.05, 0.1) is 0 Å². The topological polar surface area (TPSA) is 56.7 Å². The van der Waals surface area contributed by atoms with Crippen LogP contribution in [-0.4, -0.2) is 55.5 Å². The Morgan fingerprint density at radius 2 is 1.88 bits per heavy atom. The average Bonchev–Trinajstić information content (AvgIpc) is 2.65. The van der Waals surface area contributed by atoms with E-state index in [1.165, 1.54) is 6.42 Å².